The molecule has 2 heterocycles. The van der Waals surface area contributed by atoms with Crippen molar-refractivity contribution in [2.45, 2.75) is 25.3 Å². The molecule has 0 saturated heterocycles. The van der Waals surface area contributed by atoms with E-state index in [0.29, 0.717) is 11.6 Å². The van der Waals surface area contributed by atoms with Crippen molar-refractivity contribution in [2.75, 3.05) is 0 Å². The van der Waals surface area contributed by atoms with Crippen molar-refractivity contribution >= 4 is 10.9 Å². The Balaban J connectivity index is 2.24. The first-order chi connectivity index (χ1) is 6.86. The number of aromatic amines is 1. The highest BCUT2D eigenvalue weighted by molar-refractivity contribution is 5.76. The van der Waals surface area contributed by atoms with Crippen molar-refractivity contribution in [3.8, 4) is 0 Å². The van der Waals surface area contributed by atoms with Gasteiger partial charge in [0.2, 0.25) is 0 Å². The minimum atomic E-state index is 0.0113. The average molecular weight is 189 g/mol. The van der Waals surface area contributed by atoms with Crippen molar-refractivity contribution in [3.63, 3.8) is 0 Å². The van der Waals surface area contributed by atoms with E-state index in [9.17, 15) is 4.79 Å². The molecule has 0 atom stereocenters. The van der Waals surface area contributed by atoms with E-state index in [1.54, 1.807) is 17.1 Å². The number of rotatable bonds is 1. The molecule has 1 N–H and O–H groups in total. The van der Waals surface area contributed by atoms with Gasteiger partial charge < -0.3 is 4.98 Å². The summed E-state index contributed by atoms with van der Waals surface area (Å²) in [5.41, 5.74) is 0.684. The van der Waals surface area contributed by atoms with Crippen molar-refractivity contribution in [3.05, 3.63) is 28.8 Å². The maximum absolute atomic E-state index is 11.9. The summed E-state index contributed by atoms with van der Waals surface area (Å²) in [6.45, 7) is 0. The van der Waals surface area contributed by atoms with Crippen LogP contribution in [0.3, 0.4) is 0 Å². The van der Waals surface area contributed by atoms with Crippen LogP contribution in [0.5, 0.6) is 0 Å². The van der Waals surface area contributed by atoms with E-state index in [1.165, 1.54) is 6.42 Å². The minimum Gasteiger partial charge on any atom is -0.357 e. The first-order valence-electron chi connectivity index (χ1n) is 4.91. The predicted octanol–water partition coefficient (Wildman–Crippen LogP) is 1.45. The Bertz CT molecular complexity index is 521. The molecule has 1 saturated carbocycles. The van der Waals surface area contributed by atoms with Gasteiger partial charge in [-0.05, 0) is 25.3 Å². The van der Waals surface area contributed by atoms with Crippen LogP contribution in [0.1, 0.15) is 25.3 Å². The van der Waals surface area contributed by atoms with Crippen molar-refractivity contribution in [2.24, 2.45) is 0 Å². The highest BCUT2D eigenvalue weighted by atomic mass is 16.1. The van der Waals surface area contributed by atoms with E-state index in [-0.39, 0.29) is 5.56 Å². The minimum absolute atomic E-state index is 0.0113. The molecule has 3 rings (SSSR count). The summed E-state index contributed by atoms with van der Waals surface area (Å²) in [4.78, 5) is 14.9. The van der Waals surface area contributed by atoms with Crippen LogP contribution in [0.4, 0.5) is 0 Å². The van der Waals surface area contributed by atoms with Crippen LogP contribution < -0.4 is 5.56 Å². The Labute approximate surface area is 80.6 Å². The van der Waals surface area contributed by atoms with Gasteiger partial charge in [-0.3, -0.25) is 4.79 Å². The molecule has 1 fully saturated rings. The molecule has 0 spiro atoms. The lowest BCUT2D eigenvalue weighted by atomic mass is 9.93. The second kappa shape index (κ2) is 2.70. The quantitative estimate of drug-likeness (QED) is 0.738. The first kappa shape index (κ1) is 7.79. The summed E-state index contributed by atoms with van der Waals surface area (Å²) in [5.74, 6) is 0. The summed E-state index contributed by atoms with van der Waals surface area (Å²) >= 11 is 0. The van der Waals surface area contributed by atoms with Crippen LogP contribution in [-0.2, 0) is 0 Å². The van der Waals surface area contributed by atoms with Gasteiger partial charge in [-0.15, -0.1) is 0 Å². The lowest BCUT2D eigenvalue weighted by Crippen LogP contribution is -2.30. The van der Waals surface area contributed by atoms with Crippen molar-refractivity contribution in [1.29, 1.82) is 0 Å². The zero-order chi connectivity index (χ0) is 9.54. The fourth-order valence-corrected chi connectivity index (χ4v) is 1.86. The molecule has 0 radical (unpaired) electrons. The molecule has 0 aromatic carbocycles. The van der Waals surface area contributed by atoms with E-state index in [0.717, 1.165) is 18.2 Å². The van der Waals surface area contributed by atoms with Gasteiger partial charge >= 0.3 is 0 Å². The van der Waals surface area contributed by atoms with Gasteiger partial charge in [0, 0.05) is 11.6 Å². The zero-order valence-electron chi connectivity index (χ0n) is 7.73. The Kier molecular flexibility index (Phi) is 1.50. The third kappa shape index (κ3) is 0.937. The van der Waals surface area contributed by atoms with Crippen molar-refractivity contribution in [1.82, 2.24) is 14.8 Å². The summed E-state index contributed by atoms with van der Waals surface area (Å²) in [6, 6.07) is 2.20. The number of aromatic nitrogens is 3. The average Bonchev–Trinajstić information content (AvgIpc) is 2.55. The van der Waals surface area contributed by atoms with E-state index < -0.39 is 0 Å². The number of H-pyrrole nitrogens is 1. The molecule has 0 bridgehead atoms. The monoisotopic (exact) mass is 189 g/mol. The number of fused-ring (bicyclic) bond motifs is 1. The smallest absolute Gasteiger partial charge is 0.291 e. The predicted molar refractivity (Wildman–Crippen MR) is 53.2 cm³/mol. The molecule has 14 heavy (non-hydrogen) atoms. The molecule has 4 heteroatoms. The molecular weight excluding hydrogens is 178 g/mol. The van der Waals surface area contributed by atoms with Crippen LogP contribution >= 0.6 is 0 Å². The molecule has 2 aromatic rings. The Hall–Kier alpha value is -1.58. The molecular formula is C10H11N3O. The second-order valence-corrected chi connectivity index (χ2v) is 3.79. The van der Waals surface area contributed by atoms with E-state index >= 15 is 0 Å². The fourth-order valence-electron chi connectivity index (χ4n) is 1.86. The number of nitrogens with one attached hydrogen (secondary N) is 1. The summed E-state index contributed by atoms with van der Waals surface area (Å²) < 4.78 is 1.61. The zero-order valence-corrected chi connectivity index (χ0v) is 7.73. The van der Waals surface area contributed by atoms with Gasteiger partial charge in [-0.25, -0.2) is 4.68 Å². The maximum atomic E-state index is 11.9. The summed E-state index contributed by atoms with van der Waals surface area (Å²) in [7, 11) is 0. The van der Waals surface area contributed by atoms with E-state index in [2.05, 4.69) is 10.1 Å². The van der Waals surface area contributed by atoms with Crippen LogP contribution in [0, 0.1) is 0 Å². The second-order valence-electron chi connectivity index (χ2n) is 3.79. The molecule has 4 nitrogen and oxygen atoms in total. The topological polar surface area (TPSA) is 50.7 Å². The van der Waals surface area contributed by atoms with Crippen LogP contribution in [0.15, 0.2) is 23.3 Å². The fraction of sp³-hybridized carbons (Fsp3) is 0.400. The standard InChI is InChI=1S/C10H11N3O/c14-10-9-7(4-5-11-9)6-12-13(10)8-2-1-3-8/h4-6,8,11H,1-3H2. The van der Waals surface area contributed by atoms with Crippen LogP contribution in [-0.4, -0.2) is 14.8 Å². The van der Waals surface area contributed by atoms with Gasteiger partial charge in [0.05, 0.1) is 12.2 Å². The number of nitrogens with zero attached hydrogens (tertiary/aromatic N) is 2. The molecule has 0 amide bonds. The Morgan fingerprint density at radius 3 is 3.07 bits per heavy atom. The van der Waals surface area contributed by atoms with Crippen LogP contribution in [0.2, 0.25) is 0 Å². The van der Waals surface area contributed by atoms with Gasteiger partial charge in [0.15, 0.2) is 0 Å². The Morgan fingerprint density at radius 2 is 2.36 bits per heavy atom. The summed E-state index contributed by atoms with van der Waals surface area (Å²) in [5, 5.41) is 5.08. The Morgan fingerprint density at radius 1 is 1.50 bits per heavy atom. The molecule has 72 valence electrons. The lowest BCUT2D eigenvalue weighted by Gasteiger charge is -2.25. The highest BCUT2D eigenvalue weighted by Crippen LogP contribution is 2.29. The largest absolute Gasteiger partial charge is 0.357 e. The maximum Gasteiger partial charge on any atom is 0.291 e. The normalized spacial score (nSPS) is 17.1. The van der Waals surface area contributed by atoms with Gasteiger partial charge in [0.1, 0.15) is 5.52 Å². The van der Waals surface area contributed by atoms with E-state index in [1.807, 2.05) is 6.07 Å². The number of hydrogen-bond acceptors (Lipinski definition) is 2. The van der Waals surface area contributed by atoms with Crippen molar-refractivity contribution < 1.29 is 0 Å². The van der Waals surface area contributed by atoms with E-state index in [4.69, 9.17) is 0 Å². The molecule has 2 aromatic heterocycles. The first-order valence-corrected chi connectivity index (χ1v) is 4.91. The van der Waals surface area contributed by atoms with Gasteiger partial charge in [0.25, 0.3) is 5.56 Å². The third-order valence-electron chi connectivity index (χ3n) is 2.94. The third-order valence-corrected chi connectivity index (χ3v) is 2.94. The lowest BCUT2D eigenvalue weighted by molar-refractivity contribution is 0.280. The molecule has 0 aliphatic heterocycles. The van der Waals surface area contributed by atoms with Crippen LogP contribution in [0.25, 0.3) is 10.9 Å². The molecule has 1 aliphatic carbocycles. The SMILES string of the molecule is O=c1c2[nH]ccc2cnn1C1CCC1. The summed E-state index contributed by atoms with van der Waals surface area (Å²) in [6.07, 6.45) is 6.91. The highest BCUT2D eigenvalue weighted by Gasteiger charge is 2.22. The molecule has 1 aliphatic rings. The molecule has 0 unspecified atom stereocenters. The van der Waals surface area contributed by atoms with Gasteiger partial charge in [-0.1, -0.05) is 0 Å². The van der Waals surface area contributed by atoms with Gasteiger partial charge in [-0.2, -0.15) is 5.10 Å². The number of hydrogen-bond donors (Lipinski definition) is 1.